The monoisotopic (exact) mass is 320 g/mol. The van der Waals surface area contributed by atoms with Gasteiger partial charge in [0, 0.05) is 20.1 Å². The maximum absolute atomic E-state index is 9.15. The number of aromatic nitrogens is 1. The van der Waals surface area contributed by atoms with E-state index in [0.717, 1.165) is 24.3 Å². The fourth-order valence-electron chi connectivity index (χ4n) is 2.94. The molecule has 0 saturated heterocycles. The number of hydrazine groups is 1. The molecule has 0 bridgehead atoms. The second-order valence-corrected chi connectivity index (χ2v) is 6.10. The van der Waals surface area contributed by atoms with E-state index in [9.17, 15) is 0 Å². The summed E-state index contributed by atoms with van der Waals surface area (Å²) in [5.74, 6) is 6.60. The minimum Gasteiger partial charge on any atom is -0.489 e. The van der Waals surface area contributed by atoms with Crippen molar-refractivity contribution in [2.45, 2.75) is 51.6 Å². The lowest BCUT2D eigenvalue weighted by Crippen LogP contribution is -2.28. The van der Waals surface area contributed by atoms with Crippen LogP contribution in [0.2, 0.25) is 0 Å². The summed E-state index contributed by atoms with van der Waals surface area (Å²) in [7, 11) is 1.70. The molecule has 6 heteroatoms. The molecule has 23 heavy (non-hydrogen) atoms. The Morgan fingerprint density at radius 1 is 1.35 bits per heavy atom. The van der Waals surface area contributed by atoms with Crippen LogP contribution in [0.1, 0.15) is 49.9 Å². The predicted molar refractivity (Wildman–Crippen MR) is 91.2 cm³/mol. The van der Waals surface area contributed by atoms with Gasteiger partial charge in [-0.05, 0) is 44.7 Å². The van der Waals surface area contributed by atoms with Crippen molar-refractivity contribution in [2.75, 3.05) is 13.7 Å². The van der Waals surface area contributed by atoms with E-state index in [1.807, 2.05) is 19.1 Å². The second-order valence-electron chi connectivity index (χ2n) is 6.10. The zero-order valence-electron chi connectivity index (χ0n) is 14.1. The Labute approximate surface area is 138 Å². The van der Waals surface area contributed by atoms with Gasteiger partial charge in [-0.15, -0.1) is 0 Å². The molecule has 0 atom stereocenters. The van der Waals surface area contributed by atoms with Gasteiger partial charge in [-0.3, -0.25) is 0 Å². The van der Waals surface area contributed by atoms with E-state index in [0.29, 0.717) is 29.6 Å². The highest BCUT2D eigenvalue weighted by atomic mass is 16.5. The molecule has 2 rings (SSSR count). The van der Waals surface area contributed by atoms with E-state index in [4.69, 9.17) is 21.4 Å². The minimum atomic E-state index is -0.0145. The average molecular weight is 320 g/mol. The Kier molecular flexibility index (Phi) is 6.24. The van der Waals surface area contributed by atoms with Gasteiger partial charge in [-0.1, -0.05) is 6.42 Å². The third-order valence-corrected chi connectivity index (χ3v) is 4.24. The number of ether oxygens (including phenoxy) is 1. The number of aliphatic hydroxyl groups excluding tert-OH is 1. The molecule has 128 valence electrons. The number of hydrogen-bond acceptors (Lipinski definition) is 6. The quantitative estimate of drug-likeness (QED) is 0.547. The van der Waals surface area contributed by atoms with Crippen LogP contribution in [-0.4, -0.2) is 34.9 Å². The molecule has 1 saturated carbocycles. The number of aryl methyl sites for hydroxylation is 1. The van der Waals surface area contributed by atoms with E-state index < -0.39 is 0 Å². The van der Waals surface area contributed by atoms with Gasteiger partial charge < -0.3 is 20.6 Å². The summed E-state index contributed by atoms with van der Waals surface area (Å²) in [6, 6.07) is 3.77. The van der Waals surface area contributed by atoms with Gasteiger partial charge in [-0.2, -0.15) is 0 Å². The van der Waals surface area contributed by atoms with Crippen LogP contribution in [0.5, 0.6) is 5.75 Å². The van der Waals surface area contributed by atoms with E-state index >= 15 is 0 Å². The molecule has 5 N–H and O–H groups in total. The highest BCUT2D eigenvalue weighted by molar-refractivity contribution is 5.63. The van der Waals surface area contributed by atoms with Crippen LogP contribution in [0, 0.1) is 6.92 Å². The summed E-state index contributed by atoms with van der Waals surface area (Å²) in [5, 5.41) is 10.6. The van der Waals surface area contributed by atoms with Crippen LogP contribution >= 0.6 is 0 Å². The van der Waals surface area contributed by atoms with Crippen molar-refractivity contribution in [2.24, 2.45) is 11.6 Å². The third kappa shape index (κ3) is 4.59. The van der Waals surface area contributed by atoms with E-state index in [1.54, 1.807) is 7.05 Å². The lowest BCUT2D eigenvalue weighted by Gasteiger charge is -2.24. The third-order valence-electron chi connectivity index (χ3n) is 4.24. The fourth-order valence-corrected chi connectivity index (χ4v) is 2.94. The van der Waals surface area contributed by atoms with Crippen molar-refractivity contribution in [3.05, 3.63) is 29.2 Å². The summed E-state index contributed by atoms with van der Waals surface area (Å²) >= 11 is 0. The molecule has 0 amide bonds. The number of aliphatic hydroxyl groups is 1. The Bertz CT molecular complexity index is 552. The molecule has 0 aliphatic heterocycles. The molecule has 0 spiro atoms. The van der Waals surface area contributed by atoms with Crippen LogP contribution in [0.25, 0.3) is 5.70 Å². The molecule has 0 radical (unpaired) electrons. The van der Waals surface area contributed by atoms with E-state index in [-0.39, 0.29) is 6.61 Å². The topological polar surface area (TPSA) is 97.6 Å². The van der Waals surface area contributed by atoms with Gasteiger partial charge in [0.15, 0.2) is 0 Å². The van der Waals surface area contributed by atoms with Crippen LogP contribution in [0.4, 0.5) is 0 Å². The second kappa shape index (κ2) is 8.17. The summed E-state index contributed by atoms with van der Waals surface area (Å²) in [6.45, 7) is 1.91. The van der Waals surface area contributed by atoms with E-state index in [2.05, 4.69) is 4.98 Å². The Balaban J connectivity index is 2.18. The Hall–Kier alpha value is -1.79. The molecule has 6 nitrogen and oxygen atoms in total. The van der Waals surface area contributed by atoms with Crippen LogP contribution < -0.4 is 16.3 Å². The smallest absolute Gasteiger partial charge is 0.140 e. The van der Waals surface area contributed by atoms with Crippen molar-refractivity contribution in [3.8, 4) is 5.75 Å². The average Bonchev–Trinajstić information content (AvgIpc) is 2.54. The van der Waals surface area contributed by atoms with E-state index in [1.165, 1.54) is 24.3 Å². The maximum Gasteiger partial charge on any atom is 0.140 e. The van der Waals surface area contributed by atoms with Gasteiger partial charge in [-0.25, -0.2) is 10.8 Å². The molecule has 0 aromatic carbocycles. The van der Waals surface area contributed by atoms with Crippen LogP contribution in [0.3, 0.4) is 0 Å². The van der Waals surface area contributed by atoms with Crippen molar-refractivity contribution in [3.63, 3.8) is 0 Å². The molecular weight excluding hydrogens is 292 g/mol. The van der Waals surface area contributed by atoms with Crippen molar-refractivity contribution < 1.29 is 9.84 Å². The minimum absolute atomic E-state index is 0.0145. The molecule has 0 unspecified atom stereocenters. The summed E-state index contributed by atoms with van der Waals surface area (Å²) < 4.78 is 6.08. The Morgan fingerprint density at radius 3 is 2.61 bits per heavy atom. The van der Waals surface area contributed by atoms with Crippen LogP contribution in [-0.2, 0) is 0 Å². The van der Waals surface area contributed by atoms with Crippen molar-refractivity contribution in [1.29, 1.82) is 0 Å². The molecule has 1 fully saturated rings. The molecule has 1 aliphatic carbocycles. The first-order valence-corrected chi connectivity index (χ1v) is 8.25. The number of nitrogens with zero attached hydrogens (tertiary/aromatic N) is 2. The summed E-state index contributed by atoms with van der Waals surface area (Å²) in [4.78, 5) is 4.55. The predicted octanol–water partition coefficient (Wildman–Crippen LogP) is 1.92. The first-order chi connectivity index (χ1) is 11.0. The molecular formula is C17H28N4O2. The highest BCUT2D eigenvalue weighted by Gasteiger charge is 2.17. The van der Waals surface area contributed by atoms with Crippen molar-refractivity contribution >= 4 is 5.70 Å². The number of pyridine rings is 1. The van der Waals surface area contributed by atoms with Gasteiger partial charge in [0.1, 0.15) is 5.75 Å². The first kappa shape index (κ1) is 17.6. The molecule has 1 heterocycles. The first-order valence-electron chi connectivity index (χ1n) is 8.25. The zero-order valence-corrected chi connectivity index (χ0v) is 14.1. The normalized spacial score (nSPS) is 16.9. The Morgan fingerprint density at radius 2 is 2.04 bits per heavy atom. The summed E-state index contributed by atoms with van der Waals surface area (Å²) in [6.07, 6.45) is 6.68. The maximum atomic E-state index is 9.15. The standard InChI is InChI=1S/C17H28N4O2/c1-12-16(23-13-6-4-3-5-7-13)9-8-14(20-12)17(18)15(10-11-22)21(2)19/h8-9,13,22H,3-7,10-11,18-19H2,1-2H3/b17-15-. The summed E-state index contributed by atoms with van der Waals surface area (Å²) in [5.41, 5.74) is 8.79. The molecule has 1 aliphatic rings. The van der Waals surface area contributed by atoms with Crippen LogP contribution in [0.15, 0.2) is 17.8 Å². The largest absolute Gasteiger partial charge is 0.489 e. The number of rotatable bonds is 6. The molecule has 1 aromatic rings. The van der Waals surface area contributed by atoms with Gasteiger partial charge in [0.05, 0.1) is 28.9 Å². The molecule has 1 aromatic heterocycles. The van der Waals surface area contributed by atoms with Gasteiger partial charge in [0.25, 0.3) is 0 Å². The zero-order chi connectivity index (χ0) is 16.8. The fraction of sp³-hybridized carbons (Fsp3) is 0.588. The number of hydrogen-bond donors (Lipinski definition) is 3. The van der Waals surface area contributed by atoms with Crippen molar-refractivity contribution in [1.82, 2.24) is 9.99 Å². The lowest BCUT2D eigenvalue weighted by molar-refractivity contribution is 0.153. The SMILES string of the molecule is Cc1nc(/C(N)=C(\CCO)N(C)N)ccc1OC1CCCCC1. The lowest BCUT2D eigenvalue weighted by atomic mass is 9.98. The highest BCUT2D eigenvalue weighted by Crippen LogP contribution is 2.26. The van der Waals surface area contributed by atoms with Gasteiger partial charge >= 0.3 is 0 Å². The van der Waals surface area contributed by atoms with Gasteiger partial charge in [0.2, 0.25) is 0 Å². The number of nitrogens with two attached hydrogens (primary N) is 2.